The number of carbonyl (C=O) groups excluding carboxylic acids is 1. The molecule has 0 fully saturated rings. The van der Waals surface area contributed by atoms with Gasteiger partial charge in [-0.2, -0.15) is 0 Å². The van der Waals surface area contributed by atoms with E-state index in [0.717, 1.165) is 11.3 Å². The number of carbonyl (C=O) groups is 1. The van der Waals surface area contributed by atoms with Gasteiger partial charge in [0.1, 0.15) is 11.5 Å². The first-order valence-corrected chi connectivity index (χ1v) is 5.48. The molecule has 5 heteroatoms. The standard InChI is InChI=1S/C12H10ClNO3/c1-16-9-4-2-3-8(5-9)6-10-11(7-13)14-17-12(10)15/h2-6H,7H2,1H3. The lowest BCUT2D eigenvalue weighted by atomic mass is 10.1. The van der Waals surface area contributed by atoms with Crippen molar-refractivity contribution in [2.24, 2.45) is 5.16 Å². The Morgan fingerprint density at radius 3 is 3.06 bits per heavy atom. The number of methoxy groups -OCH3 is 1. The molecular formula is C12H10ClNO3. The van der Waals surface area contributed by atoms with Crippen molar-refractivity contribution >= 4 is 29.4 Å². The molecule has 88 valence electrons. The van der Waals surface area contributed by atoms with Crippen molar-refractivity contribution in [2.45, 2.75) is 0 Å². The Labute approximate surface area is 103 Å². The lowest BCUT2D eigenvalue weighted by Gasteiger charge is -2.01. The summed E-state index contributed by atoms with van der Waals surface area (Å²) in [5.74, 6) is 0.375. The molecule has 0 unspecified atom stereocenters. The third kappa shape index (κ3) is 2.47. The van der Waals surface area contributed by atoms with Crippen molar-refractivity contribution in [1.82, 2.24) is 0 Å². The molecule has 0 atom stereocenters. The van der Waals surface area contributed by atoms with Gasteiger partial charge in [0.15, 0.2) is 0 Å². The van der Waals surface area contributed by atoms with Gasteiger partial charge >= 0.3 is 5.97 Å². The molecule has 0 N–H and O–H groups in total. The molecule has 1 aliphatic rings. The Hall–Kier alpha value is -1.81. The van der Waals surface area contributed by atoms with E-state index in [9.17, 15) is 4.79 Å². The summed E-state index contributed by atoms with van der Waals surface area (Å²) in [6.45, 7) is 0. The van der Waals surface area contributed by atoms with E-state index in [1.807, 2.05) is 24.3 Å². The Kier molecular flexibility index (Phi) is 3.44. The molecule has 0 saturated carbocycles. The molecule has 0 aromatic heterocycles. The topological polar surface area (TPSA) is 47.9 Å². The minimum absolute atomic E-state index is 0.140. The molecule has 2 rings (SSSR count). The number of hydrogen-bond acceptors (Lipinski definition) is 4. The number of ether oxygens (including phenoxy) is 1. The average Bonchev–Trinajstić information content (AvgIpc) is 2.71. The van der Waals surface area contributed by atoms with Crippen LogP contribution in [0.4, 0.5) is 0 Å². The summed E-state index contributed by atoms with van der Waals surface area (Å²) in [6.07, 6.45) is 1.68. The van der Waals surface area contributed by atoms with Gasteiger partial charge in [-0.05, 0) is 23.8 Å². The van der Waals surface area contributed by atoms with E-state index in [2.05, 4.69) is 9.99 Å². The molecule has 17 heavy (non-hydrogen) atoms. The van der Waals surface area contributed by atoms with Crippen LogP contribution in [0.1, 0.15) is 5.56 Å². The largest absolute Gasteiger partial charge is 0.497 e. The summed E-state index contributed by atoms with van der Waals surface area (Å²) in [5, 5.41) is 3.59. The van der Waals surface area contributed by atoms with Crippen molar-refractivity contribution in [3.63, 3.8) is 0 Å². The fourth-order valence-corrected chi connectivity index (χ4v) is 1.64. The molecule has 0 spiro atoms. The fraction of sp³-hybridized carbons (Fsp3) is 0.167. The van der Waals surface area contributed by atoms with E-state index >= 15 is 0 Å². The summed E-state index contributed by atoms with van der Waals surface area (Å²) >= 11 is 5.66. The van der Waals surface area contributed by atoms with Crippen LogP contribution in [-0.2, 0) is 9.63 Å². The van der Waals surface area contributed by atoms with Crippen molar-refractivity contribution in [3.05, 3.63) is 35.4 Å². The number of benzene rings is 1. The normalized spacial score (nSPS) is 16.9. The van der Waals surface area contributed by atoms with Gasteiger partial charge in [0, 0.05) is 0 Å². The quantitative estimate of drug-likeness (QED) is 0.470. The van der Waals surface area contributed by atoms with Crippen LogP contribution in [0.2, 0.25) is 0 Å². The van der Waals surface area contributed by atoms with E-state index in [1.54, 1.807) is 13.2 Å². The van der Waals surface area contributed by atoms with E-state index in [4.69, 9.17) is 16.3 Å². The Morgan fingerprint density at radius 2 is 2.35 bits per heavy atom. The summed E-state index contributed by atoms with van der Waals surface area (Å²) in [5.41, 5.74) is 1.66. The van der Waals surface area contributed by atoms with Crippen LogP contribution in [0, 0.1) is 0 Å². The highest BCUT2D eigenvalue weighted by molar-refractivity contribution is 6.38. The van der Waals surface area contributed by atoms with E-state index in [1.165, 1.54) is 0 Å². The number of rotatable bonds is 3. The van der Waals surface area contributed by atoms with Crippen LogP contribution < -0.4 is 4.74 Å². The molecule has 0 bridgehead atoms. The third-order valence-electron chi connectivity index (χ3n) is 2.30. The van der Waals surface area contributed by atoms with Crippen molar-refractivity contribution < 1.29 is 14.4 Å². The number of hydrogen-bond donors (Lipinski definition) is 0. The number of oxime groups is 1. The van der Waals surface area contributed by atoms with Crippen LogP contribution in [0.15, 0.2) is 35.0 Å². The second-order valence-corrected chi connectivity index (χ2v) is 3.65. The molecular weight excluding hydrogens is 242 g/mol. The van der Waals surface area contributed by atoms with E-state index < -0.39 is 5.97 Å². The fourth-order valence-electron chi connectivity index (χ4n) is 1.45. The monoisotopic (exact) mass is 251 g/mol. The molecule has 1 aromatic rings. The number of halogens is 1. The zero-order chi connectivity index (χ0) is 12.3. The van der Waals surface area contributed by atoms with Gasteiger partial charge in [0.05, 0.1) is 18.6 Å². The van der Waals surface area contributed by atoms with Crippen molar-refractivity contribution in [2.75, 3.05) is 13.0 Å². The second kappa shape index (κ2) is 5.01. The molecule has 0 aliphatic carbocycles. The maximum atomic E-state index is 11.4. The minimum Gasteiger partial charge on any atom is -0.497 e. The predicted octanol–water partition coefficient (Wildman–Crippen LogP) is 2.23. The second-order valence-electron chi connectivity index (χ2n) is 3.38. The molecule has 0 saturated heterocycles. The van der Waals surface area contributed by atoms with Gasteiger partial charge in [0.25, 0.3) is 0 Å². The minimum atomic E-state index is -0.483. The molecule has 1 aliphatic heterocycles. The Morgan fingerprint density at radius 1 is 1.53 bits per heavy atom. The molecule has 0 radical (unpaired) electrons. The smallest absolute Gasteiger partial charge is 0.367 e. The lowest BCUT2D eigenvalue weighted by molar-refractivity contribution is -0.136. The van der Waals surface area contributed by atoms with Gasteiger partial charge < -0.3 is 9.57 Å². The number of alkyl halides is 1. The first kappa shape index (κ1) is 11.7. The van der Waals surface area contributed by atoms with Crippen LogP contribution in [0.25, 0.3) is 6.08 Å². The zero-order valence-corrected chi connectivity index (χ0v) is 9.90. The zero-order valence-electron chi connectivity index (χ0n) is 9.14. The van der Waals surface area contributed by atoms with E-state index in [-0.39, 0.29) is 5.88 Å². The molecule has 1 aromatic carbocycles. The molecule has 4 nitrogen and oxygen atoms in total. The number of nitrogens with zero attached hydrogens (tertiary/aromatic N) is 1. The average molecular weight is 252 g/mol. The lowest BCUT2D eigenvalue weighted by Crippen LogP contribution is -2.06. The van der Waals surface area contributed by atoms with Crippen LogP contribution >= 0.6 is 11.6 Å². The maximum absolute atomic E-state index is 11.4. The molecule has 1 heterocycles. The highest BCUT2D eigenvalue weighted by Crippen LogP contribution is 2.19. The van der Waals surface area contributed by atoms with E-state index in [0.29, 0.717) is 11.3 Å². The first-order chi connectivity index (χ1) is 8.24. The molecule has 0 amide bonds. The highest BCUT2D eigenvalue weighted by atomic mass is 35.5. The first-order valence-electron chi connectivity index (χ1n) is 4.95. The Balaban J connectivity index is 2.34. The van der Waals surface area contributed by atoms with Gasteiger partial charge in [-0.1, -0.05) is 17.3 Å². The van der Waals surface area contributed by atoms with Crippen molar-refractivity contribution in [1.29, 1.82) is 0 Å². The van der Waals surface area contributed by atoms with Gasteiger partial charge in [-0.25, -0.2) is 4.79 Å². The van der Waals surface area contributed by atoms with Gasteiger partial charge in [-0.3, -0.25) is 0 Å². The van der Waals surface area contributed by atoms with Gasteiger partial charge in [0.2, 0.25) is 0 Å². The maximum Gasteiger partial charge on any atom is 0.367 e. The van der Waals surface area contributed by atoms with Gasteiger partial charge in [-0.15, -0.1) is 11.6 Å². The van der Waals surface area contributed by atoms with Crippen LogP contribution in [-0.4, -0.2) is 24.7 Å². The predicted molar refractivity (Wildman–Crippen MR) is 65.2 cm³/mol. The van der Waals surface area contributed by atoms with Crippen LogP contribution in [0.5, 0.6) is 5.75 Å². The Bertz CT molecular complexity index is 508. The summed E-state index contributed by atoms with van der Waals surface area (Å²) < 4.78 is 5.10. The highest BCUT2D eigenvalue weighted by Gasteiger charge is 2.24. The van der Waals surface area contributed by atoms with Crippen LogP contribution in [0.3, 0.4) is 0 Å². The van der Waals surface area contributed by atoms with Crippen molar-refractivity contribution in [3.8, 4) is 5.75 Å². The summed E-state index contributed by atoms with van der Waals surface area (Å²) in [7, 11) is 1.59. The summed E-state index contributed by atoms with van der Waals surface area (Å²) in [4.78, 5) is 16.0. The SMILES string of the molecule is COc1cccc(C=C2C(=O)ON=C2CCl)c1. The third-order valence-corrected chi connectivity index (χ3v) is 2.55. The summed E-state index contributed by atoms with van der Waals surface area (Å²) in [6, 6.07) is 7.33.